The van der Waals surface area contributed by atoms with Gasteiger partial charge in [0.1, 0.15) is 0 Å². The summed E-state index contributed by atoms with van der Waals surface area (Å²) in [6.07, 6.45) is -0.350. The topological polar surface area (TPSA) is 60.1 Å². The number of ether oxygens (including phenoxy) is 1. The highest BCUT2D eigenvalue weighted by atomic mass is 16.5. The van der Waals surface area contributed by atoms with Gasteiger partial charge in [0.15, 0.2) is 6.10 Å². The van der Waals surface area contributed by atoms with E-state index in [9.17, 15) is 0 Å². The van der Waals surface area contributed by atoms with Gasteiger partial charge in [-0.05, 0) is 0 Å². The Labute approximate surface area is 65.6 Å². The third-order valence-corrected chi connectivity index (χ3v) is 1.59. The van der Waals surface area contributed by atoms with Crippen LogP contribution in [0.1, 0.15) is 0 Å². The average Bonchev–Trinajstić information content (AvgIpc) is 2.06. The van der Waals surface area contributed by atoms with Gasteiger partial charge in [0.05, 0.1) is 25.3 Å². The van der Waals surface area contributed by atoms with Crippen molar-refractivity contribution in [3.63, 3.8) is 0 Å². The van der Waals surface area contributed by atoms with Crippen LogP contribution >= 0.6 is 0 Å². The van der Waals surface area contributed by atoms with E-state index in [-0.39, 0.29) is 6.10 Å². The molecular formula is C7H9N3O. The molecule has 0 radical (unpaired) electrons. The second kappa shape index (κ2) is 3.92. The van der Waals surface area contributed by atoms with Crippen LogP contribution in [0.15, 0.2) is 0 Å². The smallest absolute Gasteiger partial charge is 0.156 e. The summed E-state index contributed by atoms with van der Waals surface area (Å²) in [5, 5.41) is 16.9. The van der Waals surface area contributed by atoms with E-state index in [0.29, 0.717) is 19.7 Å². The van der Waals surface area contributed by atoms with Gasteiger partial charge >= 0.3 is 0 Å². The van der Waals surface area contributed by atoms with Gasteiger partial charge in [-0.3, -0.25) is 4.90 Å². The fourth-order valence-corrected chi connectivity index (χ4v) is 1.02. The first kappa shape index (κ1) is 8.00. The molecule has 1 aliphatic rings. The molecule has 0 amide bonds. The molecule has 0 aromatic heterocycles. The fourth-order valence-electron chi connectivity index (χ4n) is 1.02. The minimum Gasteiger partial charge on any atom is -0.361 e. The summed E-state index contributed by atoms with van der Waals surface area (Å²) in [6, 6.07) is 4.06. The lowest BCUT2D eigenvalue weighted by molar-refractivity contribution is 0.00577. The highest BCUT2D eigenvalue weighted by Gasteiger charge is 2.18. The van der Waals surface area contributed by atoms with E-state index in [4.69, 9.17) is 15.3 Å². The molecule has 0 bridgehead atoms. The zero-order valence-corrected chi connectivity index (χ0v) is 6.16. The van der Waals surface area contributed by atoms with Crippen molar-refractivity contribution in [1.29, 1.82) is 10.5 Å². The van der Waals surface area contributed by atoms with Gasteiger partial charge in [-0.1, -0.05) is 0 Å². The zero-order valence-electron chi connectivity index (χ0n) is 6.16. The molecule has 0 aliphatic carbocycles. The quantitative estimate of drug-likeness (QED) is 0.484. The molecule has 1 aliphatic heterocycles. The first-order valence-corrected chi connectivity index (χ1v) is 3.47. The second-order valence-corrected chi connectivity index (χ2v) is 2.38. The number of morpholine rings is 1. The highest BCUT2D eigenvalue weighted by Crippen LogP contribution is 2.02. The molecule has 11 heavy (non-hydrogen) atoms. The van der Waals surface area contributed by atoms with E-state index in [1.165, 1.54) is 0 Å². The van der Waals surface area contributed by atoms with E-state index in [0.717, 1.165) is 6.54 Å². The first-order valence-electron chi connectivity index (χ1n) is 3.47. The SMILES string of the molecule is N#CCN1CCOC(C#N)C1. The van der Waals surface area contributed by atoms with Crippen LogP contribution in [0.3, 0.4) is 0 Å². The van der Waals surface area contributed by atoms with E-state index in [1.54, 1.807) is 0 Å². The number of hydrogen-bond acceptors (Lipinski definition) is 4. The summed E-state index contributed by atoms with van der Waals surface area (Å²) in [5.74, 6) is 0. The molecule has 0 aromatic rings. The summed E-state index contributed by atoms with van der Waals surface area (Å²) >= 11 is 0. The third-order valence-electron chi connectivity index (χ3n) is 1.59. The molecule has 0 aromatic carbocycles. The van der Waals surface area contributed by atoms with Crippen LogP contribution in [0.2, 0.25) is 0 Å². The van der Waals surface area contributed by atoms with Crippen LogP contribution < -0.4 is 0 Å². The molecule has 0 saturated carbocycles. The Bertz CT molecular complexity index is 203. The van der Waals surface area contributed by atoms with Gasteiger partial charge in [0.2, 0.25) is 0 Å². The summed E-state index contributed by atoms with van der Waals surface area (Å²) in [6.45, 7) is 2.26. The third kappa shape index (κ3) is 2.19. The van der Waals surface area contributed by atoms with Crippen molar-refractivity contribution in [3.8, 4) is 12.1 Å². The van der Waals surface area contributed by atoms with E-state index < -0.39 is 0 Å². The second-order valence-electron chi connectivity index (χ2n) is 2.38. The molecule has 4 heteroatoms. The van der Waals surface area contributed by atoms with Gasteiger partial charge in [0, 0.05) is 13.1 Å². The molecule has 0 spiro atoms. The van der Waals surface area contributed by atoms with Crippen LogP contribution in [0.5, 0.6) is 0 Å². The summed E-state index contributed by atoms with van der Waals surface area (Å²) in [4.78, 5) is 1.91. The summed E-state index contributed by atoms with van der Waals surface area (Å²) in [5.41, 5.74) is 0. The van der Waals surface area contributed by atoms with Gasteiger partial charge in [-0.25, -0.2) is 0 Å². The maximum Gasteiger partial charge on any atom is 0.156 e. The van der Waals surface area contributed by atoms with Crippen LogP contribution in [0.4, 0.5) is 0 Å². The molecule has 58 valence electrons. The Morgan fingerprint density at radius 3 is 3.00 bits per heavy atom. The van der Waals surface area contributed by atoms with E-state index in [2.05, 4.69) is 0 Å². The molecule has 1 fully saturated rings. The van der Waals surface area contributed by atoms with E-state index >= 15 is 0 Å². The minimum atomic E-state index is -0.350. The van der Waals surface area contributed by atoms with Crippen molar-refractivity contribution in [3.05, 3.63) is 0 Å². The van der Waals surface area contributed by atoms with Crippen LogP contribution in [0.25, 0.3) is 0 Å². The van der Waals surface area contributed by atoms with Gasteiger partial charge in [-0.15, -0.1) is 0 Å². The normalized spacial score (nSPS) is 25.5. The highest BCUT2D eigenvalue weighted by molar-refractivity contribution is 4.91. The Morgan fingerprint density at radius 2 is 2.36 bits per heavy atom. The van der Waals surface area contributed by atoms with E-state index in [1.807, 2.05) is 17.0 Å². The number of hydrogen-bond donors (Lipinski definition) is 0. The largest absolute Gasteiger partial charge is 0.361 e. The Balaban J connectivity index is 2.36. The van der Waals surface area contributed by atoms with Crippen molar-refractivity contribution in [2.75, 3.05) is 26.2 Å². The minimum absolute atomic E-state index is 0.350. The predicted octanol–water partition coefficient (Wildman–Crippen LogP) is -0.266. The lowest BCUT2D eigenvalue weighted by Crippen LogP contribution is -2.41. The molecular weight excluding hydrogens is 142 g/mol. The summed E-state index contributed by atoms with van der Waals surface area (Å²) in [7, 11) is 0. The van der Waals surface area contributed by atoms with Crippen molar-refractivity contribution >= 4 is 0 Å². The Kier molecular flexibility index (Phi) is 2.85. The van der Waals surface area contributed by atoms with Crippen molar-refractivity contribution in [1.82, 2.24) is 4.90 Å². The average molecular weight is 151 g/mol. The summed E-state index contributed by atoms with van der Waals surface area (Å²) < 4.78 is 5.09. The Morgan fingerprint density at radius 1 is 1.55 bits per heavy atom. The Hall–Kier alpha value is -1.10. The lowest BCUT2D eigenvalue weighted by Gasteiger charge is -2.27. The number of rotatable bonds is 1. The van der Waals surface area contributed by atoms with Crippen molar-refractivity contribution < 1.29 is 4.74 Å². The van der Waals surface area contributed by atoms with Crippen molar-refractivity contribution in [2.45, 2.75) is 6.10 Å². The van der Waals surface area contributed by atoms with Gasteiger partial charge in [-0.2, -0.15) is 10.5 Å². The molecule has 1 heterocycles. The molecule has 1 atom stereocenters. The van der Waals surface area contributed by atoms with Gasteiger partial charge in [0.25, 0.3) is 0 Å². The monoisotopic (exact) mass is 151 g/mol. The first-order chi connectivity index (χ1) is 5.36. The van der Waals surface area contributed by atoms with Crippen molar-refractivity contribution in [2.24, 2.45) is 0 Å². The van der Waals surface area contributed by atoms with Crippen LogP contribution in [-0.4, -0.2) is 37.2 Å². The zero-order chi connectivity index (χ0) is 8.10. The lowest BCUT2D eigenvalue weighted by atomic mass is 10.3. The van der Waals surface area contributed by atoms with Crippen LogP contribution in [0, 0.1) is 22.7 Å². The van der Waals surface area contributed by atoms with Crippen LogP contribution in [-0.2, 0) is 4.74 Å². The number of nitrogens with zero attached hydrogens (tertiary/aromatic N) is 3. The molecule has 1 saturated heterocycles. The predicted molar refractivity (Wildman–Crippen MR) is 37.4 cm³/mol. The van der Waals surface area contributed by atoms with Gasteiger partial charge < -0.3 is 4.74 Å². The molecule has 0 N–H and O–H groups in total. The number of nitriles is 2. The standard InChI is InChI=1S/C7H9N3O/c8-1-2-10-3-4-11-7(5-9)6-10/h7H,2-4,6H2. The maximum absolute atomic E-state index is 8.49. The maximum atomic E-state index is 8.49. The molecule has 4 nitrogen and oxygen atoms in total. The fraction of sp³-hybridized carbons (Fsp3) is 0.714. The molecule has 1 unspecified atom stereocenters. The molecule has 1 rings (SSSR count).